The second-order valence-corrected chi connectivity index (χ2v) is 8.63. The Bertz CT molecular complexity index is 798. The average Bonchev–Trinajstić information content (AvgIpc) is 2.73. The third kappa shape index (κ3) is 5.89. The van der Waals surface area contributed by atoms with Crippen molar-refractivity contribution < 1.29 is 0 Å². The molecule has 0 amide bonds. The Kier molecular flexibility index (Phi) is 8.05. The van der Waals surface area contributed by atoms with Crippen LogP contribution in [-0.4, -0.2) is 0 Å². The van der Waals surface area contributed by atoms with Gasteiger partial charge in [-0.25, -0.2) is 0 Å². The van der Waals surface area contributed by atoms with Crippen molar-refractivity contribution in [2.75, 3.05) is 0 Å². The highest BCUT2D eigenvalue weighted by Gasteiger charge is 2.21. The standard InChI is InChI=1S/C27H33Cl/c1-3-5-7-26-19-14-23(20-27(26)28)9-8-22-12-17-25(18-13-22)24-15-10-21(6-4-2)11-16-24/h10-11,14-16,19-20,22,25H,3-7,12-13,17-18H2,1-2H3. The van der Waals surface area contributed by atoms with Crippen molar-refractivity contribution in [3.63, 3.8) is 0 Å². The van der Waals surface area contributed by atoms with Gasteiger partial charge in [0.25, 0.3) is 0 Å². The maximum atomic E-state index is 6.44. The molecule has 2 aromatic carbocycles. The molecule has 0 aliphatic heterocycles. The molecule has 1 aliphatic carbocycles. The molecule has 0 unspecified atom stereocenters. The van der Waals surface area contributed by atoms with Crippen molar-refractivity contribution in [2.24, 2.45) is 5.92 Å². The van der Waals surface area contributed by atoms with Crippen LogP contribution in [0.4, 0.5) is 0 Å². The van der Waals surface area contributed by atoms with Gasteiger partial charge in [0.1, 0.15) is 0 Å². The smallest absolute Gasteiger partial charge is 0.0450 e. The molecule has 0 saturated heterocycles. The quantitative estimate of drug-likeness (QED) is 0.437. The van der Waals surface area contributed by atoms with E-state index in [0.717, 1.165) is 17.0 Å². The van der Waals surface area contributed by atoms with Gasteiger partial charge >= 0.3 is 0 Å². The van der Waals surface area contributed by atoms with E-state index in [-0.39, 0.29) is 0 Å². The maximum absolute atomic E-state index is 6.44. The molecular weight excluding hydrogens is 360 g/mol. The van der Waals surface area contributed by atoms with Crippen LogP contribution in [0.25, 0.3) is 0 Å². The zero-order valence-corrected chi connectivity index (χ0v) is 18.2. The number of halogens is 1. The first-order chi connectivity index (χ1) is 13.7. The summed E-state index contributed by atoms with van der Waals surface area (Å²) in [6.45, 7) is 4.45. The van der Waals surface area contributed by atoms with E-state index in [0.29, 0.717) is 11.8 Å². The monoisotopic (exact) mass is 392 g/mol. The van der Waals surface area contributed by atoms with Gasteiger partial charge in [-0.1, -0.05) is 80.5 Å². The van der Waals surface area contributed by atoms with Crippen LogP contribution in [0.5, 0.6) is 0 Å². The van der Waals surface area contributed by atoms with Gasteiger partial charge in [-0.2, -0.15) is 0 Å². The lowest BCUT2D eigenvalue weighted by Crippen LogP contribution is -2.12. The van der Waals surface area contributed by atoms with Gasteiger partial charge < -0.3 is 0 Å². The Morgan fingerprint density at radius 3 is 2.29 bits per heavy atom. The molecule has 148 valence electrons. The van der Waals surface area contributed by atoms with Crippen molar-refractivity contribution in [1.82, 2.24) is 0 Å². The van der Waals surface area contributed by atoms with Crippen LogP contribution in [0.15, 0.2) is 42.5 Å². The van der Waals surface area contributed by atoms with Gasteiger partial charge in [-0.3, -0.25) is 0 Å². The highest BCUT2D eigenvalue weighted by molar-refractivity contribution is 6.31. The van der Waals surface area contributed by atoms with Gasteiger partial charge in [-0.05, 0) is 79.7 Å². The van der Waals surface area contributed by atoms with Crippen LogP contribution in [0, 0.1) is 17.8 Å². The number of hydrogen-bond acceptors (Lipinski definition) is 0. The third-order valence-corrected chi connectivity index (χ3v) is 6.34. The number of benzene rings is 2. The molecular formula is C27H33Cl. The highest BCUT2D eigenvalue weighted by atomic mass is 35.5. The van der Waals surface area contributed by atoms with Crippen molar-refractivity contribution >= 4 is 11.6 Å². The minimum Gasteiger partial charge on any atom is -0.0945 e. The lowest BCUT2D eigenvalue weighted by atomic mass is 9.78. The first-order valence-electron chi connectivity index (χ1n) is 11.1. The van der Waals surface area contributed by atoms with Crippen LogP contribution in [-0.2, 0) is 12.8 Å². The molecule has 1 heteroatoms. The molecule has 1 fully saturated rings. The van der Waals surface area contributed by atoms with Crippen molar-refractivity contribution in [3.8, 4) is 11.8 Å². The van der Waals surface area contributed by atoms with E-state index in [9.17, 15) is 0 Å². The van der Waals surface area contributed by atoms with Crippen molar-refractivity contribution in [2.45, 2.75) is 77.6 Å². The summed E-state index contributed by atoms with van der Waals surface area (Å²) in [4.78, 5) is 0. The molecule has 0 spiro atoms. The predicted octanol–water partition coefficient (Wildman–Crippen LogP) is 7.96. The number of aryl methyl sites for hydroxylation is 2. The molecule has 28 heavy (non-hydrogen) atoms. The summed E-state index contributed by atoms with van der Waals surface area (Å²) >= 11 is 6.44. The lowest BCUT2D eigenvalue weighted by molar-refractivity contribution is 0.384. The number of rotatable bonds is 6. The zero-order valence-electron chi connectivity index (χ0n) is 17.4. The second kappa shape index (κ2) is 10.7. The minimum absolute atomic E-state index is 0.522. The molecule has 1 aliphatic rings. The van der Waals surface area contributed by atoms with Gasteiger partial charge in [-0.15, -0.1) is 0 Å². The molecule has 0 bridgehead atoms. The van der Waals surface area contributed by atoms with E-state index in [4.69, 9.17) is 11.6 Å². The molecule has 0 N–H and O–H groups in total. The Balaban J connectivity index is 1.54. The minimum atomic E-state index is 0.522. The van der Waals surface area contributed by atoms with Crippen LogP contribution >= 0.6 is 11.6 Å². The van der Waals surface area contributed by atoms with E-state index < -0.39 is 0 Å². The summed E-state index contributed by atoms with van der Waals surface area (Å²) in [5.41, 5.74) is 5.28. The van der Waals surface area contributed by atoms with Crippen LogP contribution in [0.1, 0.15) is 87.0 Å². The predicted molar refractivity (Wildman–Crippen MR) is 122 cm³/mol. The Morgan fingerprint density at radius 2 is 1.64 bits per heavy atom. The molecule has 3 rings (SSSR count). The second-order valence-electron chi connectivity index (χ2n) is 8.22. The molecule has 0 radical (unpaired) electrons. The first kappa shape index (κ1) is 21.0. The summed E-state index contributed by atoms with van der Waals surface area (Å²) in [6.07, 6.45) is 10.8. The fourth-order valence-electron chi connectivity index (χ4n) is 4.20. The molecule has 2 aromatic rings. The number of hydrogen-bond donors (Lipinski definition) is 0. The summed E-state index contributed by atoms with van der Waals surface area (Å²) in [5, 5.41) is 0.871. The summed E-state index contributed by atoms with van der Waals surface area (Å²) in [6, 6.07) is 15.7. The van der Waals surface area contributed by atoms with Crippen molar-refractivity contribution in [3.05, 3.63) is 69.7 Å². The third-order valence-electron chi connectivity index (χ3n) is 5.99. The molecule has 1 saturated carbocycles. The average molecular weight is 393 g/mol. The van der Waals surface area contributed by atoms with Gasteiger partial charge in [0.05, 0.1) is 0 Å². The fourth-order valence-corrected chi connectivity index (χ4v) is 4.47. The SMILES string of the molecule is CCCCc1ccc(C#CC2CCC(c3ccc(CCC)cc3)CC2)cc1Cl. The Labute approximate surface area is 176 Å². The number of unbranched alkanes of at least 4 members (excludes halogenated alkanes) is 1. The largest absolute Gasteiger partial charge is 0.0945 e. The van der Waals surface area contributed by atoms with E-state index in [1.54, 1.807) is 0 Å². The molecule has 0 atom stereocenters. The van der Waals surface area contributed by atoms with Crippen LogP contribution in [0.3, 0.4) is 0 Å². The first-order valence-corrected chi connectivity index (χ1v) is 11.5. The van der Waals surface area contributed by atoms with E-state index in [1.165, 1.54) is 68.1 Å². The zero-order chi connectivity index (χ0) is 19.8. The van der Waals surface area contributed by atoms with Gasteiger partial charge in [0.2, 0.25) is 0 Å². The lowest BCUT2D eigenvalue weighted by Gasteiger charge is -2.26. The van der Waals surface area contributed by atoms with Gasteiger partial charge in [0.15, 0.2) is 0 Å². The maximum Gasteiger partial charge on any atom is 0.0450 e. The molecule has 0 nitrogen and oxygen atoms in total. The van der Waals surface area contributed by atoms with Crippen molar-refractivity contribution in [1.29, 1.82) is 0 Å². The molecule has 0 aromatic heterocycles. The highest BCUT2D eigenvalue weighted by Crippen LogP contribution is 2.35. The van der Waals surface area contributed by atoms with Crippen LogP contribution in [0.2, 0.25) is 5.02 Å². The summed E-state index contributed by atoms with van der Waals surface area (Å²) in [5.74, 6) is 8.13. The van der Waals surface area contributed by atoms with Gasteiger partial charge in [0, 0.05) is 16.5 Å². The van der Waals surface area contributed by atoms with E-state index >= 15 is 0 Å². The van der Waals surface area contributed by atoms with E-state index in [2.05, 4.69) is 62.1 Å². The summed E-state index contributed by atoms with van der Waals surface area (Å²) < 4.78 is 0. The van der Waals surface area contributed by atoms with Crippen LogP contribution < -0.4 is 0 Å². The fraction of sp³-hybridized carbons (Fsp3) is 0.481. The summed E-state index contributed by atoms with van der Waals surface area (Å²) in [7, 11) is 0. The normalized spacial score (nSPS) is 19.1. The Hall–Kier alpha value is -1.71. The van der Waals surface area contributed by atoms with E-state index in [1.807, 2.05) is 6.07 Å². The topological polar surface area (TPSA) is 0 Å². The molecule has 0 heterocycles. The Morgan fingerprint density at radius 1 is 0.893 bits per heavy atom.